The van der Waals surface area contributed by atoms with E-state index in [1.54, 1.807) is 0 Å². The van der Waals surface area contributed by atoms with Crippen molar-refractivity contribution in [3.8, 4) is 0 Å². The number of benzene rings is 1. The predicted molar refractivity (Wildman–Crippen MR) is 115 cm³/mol. The molecule has 0 bridgehead atoms. The van der Waals surface area contributed by atoms with Crippen molar-refractivity contribution in [2.24, 2.45) is 5.92 Å². The van der Waals surface area contributed by atoms with Gasteiger partial charge >= 0.3 is 12.4 Å². The van der Waals surface area contributed by atoms with Crippen LogP contribution in [0.1, 0.15) is 73.9 Å². The highest BCUT2D eigenvalue weighted by Gasteiger charge is 2.37. The van der Waals surface area contributed by atoms with Gasteiger partial charge in [0.25, 0.3) is 5.91 Å². The lowest BCUT2D eigenvalue weighted by Gasteiger charge is -2.29. The van der Waals surface area contributed by atoms with Crippen LogP contribution in [-0.4, -0.2) is 37.0 Å². The first kappa shape index (κ1) is 27.9. The van der Waals surface area contributed by atoms with Crippen LogP contribution in [-0.2, 0) is 17.1 Å². The lowest BCUT2D eigenvalue weighted by Crippen LogP contribution is -2.42. The van der Waals surface area contributed by atoms with E-state index in [4.69, 9.17) is 0 Å². The van der Waals surface area contributed by atoms with Crippen molar-refractivity contribution >= 4 is 11.8 Å². The summed E-state index contributed by atoms with van der Waals surface area (Å²) in [5, 5.41) is 8.62. The van der Waals surface area contributed by atoms with Crippen molar-refractivity contribution in [3.05, 3.63) is 34.9 Å². The second-order valence-corrected chi connectivity index (χ2v) is 8.70. The van der Waals surface area contributed by atoms with Gasteiger partial charge in [-0.25, -0.2) is 0 Å². The zero-order valence-electron chi connectivity index (χ0n) is 19.2. The van der Waals surface area contributed by atoms with Crippen LogP contribution in [0.2, 0.25) is 0 Å². The normalized spacial score (nSPS) is 19.2. The molecular weight excluding hydrogens is 464 g/mol. The van der Waals surface area contributed by atoms with Crippen molar-refractivity contribution < 1.29 is 35.9 Å². The lowest BCUT2D eigenvalue weighted by molar-refractivity contribution is -0.143. The van der Waals surface area contributed by atoms with Crippen LogP contribution in [0.4, 0.5) is 26.3 Å². The van der Waals surface area contributed by atoms with Gasteiger partial charge in [-0.05, 0) is 69.2 Å². The minimum atomic E-state index is -5.01. The number of carbonyl (C=O) groups excluding carboxylic acids is 2. The second-order valence-electron chi connectivity index (χ2n) is 8.70. The van der Waals surface area contributed by atoms with Gasteiger partial charge in [0.15, 0.2) is 0 Å². The van der Waals surface area contributed by atoms with Gasteiger partial charge in [0.1, 0.15) is 0 Å². The van der Waals surface area contributed by atoms with Gasteiger partial charge in [-0.3, -0.25) is 9.59 Å². The molecule has 1 aliphatic carbocycles. The van der Waals surface area contributed by atoms with E-state index in [1.165, 1.54) is 0 Å². The second kappa shape index (κ2) is 11.9. The van der Waals surface area contributed by atoms with Crippen LogP contribution in [0.15, 0.2) is 18.2 Å². The van der Waals surface area contributed by atoms with E-state index in [0.29, 0.717) is 44.4 Å². The Morgan fingerprint density at radius 2 is 1.44 bits per heavy atom. The molecule has 0 atom stereocenters. The molecule has 0 spiro atoms. The Kier molecular flexibility index (Phi) is 9.78. The van der Waals surface area contributed by atoms with Gasteiger partial charge in [0, 0.05) is 17.6 Å². The number of hydrogen-bond acceptors (Lipinski definition) is 3. The topological polar surface area (TPSA) is 70.2 Å². The molecule has 0 heterocycles. The first-order chi connectivity index (χ1) is 15.8. The largest absolute Gasteiger partial charge is 0.416 e. The van der Waals surface area contributed by atoms with Crippen LogP contribution >= 0.6 is 0 Å². The van der Waals surface area contributed by atoms with E-state index < -0.39 is 35.0 Å². The summed E-state index contributed by atoms with van der Waals surface area (Å²) < 4.78 is 78.1. The number of amides is 2. The molecule has 1 aromatic carbocycles. The van der Waals surface area contributed by atoms with Crippen molar-refractivity contribution in [2.45, 2.75) is 76.8 Å². The summed E-state index contributed by atoms with van der Waals surface area (Å²) in [7, 11) is 0. The molecule has 1 aromatic rings. The molecule has 192 valence electrons. The van der Waals surface area contributed by atoms with Crippen LogP contribution in [0.3, 0.4) is 0 Å². The van der Waals surface area contributed by atoms with E-state index in [2.05, 4.69) is 16.0 Å². The van der Waals surface area contributed by atoms with Crippen molar-refractivity contribution in [2.75, 3.05) is 13.1 Å². The van der Waals surface area contributed by atoms with Gasteiger partial charge < -0.3 is 16.0 Å². The Morgan fingerprint density at radius 3 is 1.91 bits per heavy atom. The molecule has 0 radical (unpaired) electrons. The molecule has 1 aliphatic rings. The summed E-state index contributed by atoms with van der Waals surface area (Å²) in [5.41, 5.74) is -3.71. The first-order valence-corrected chi connectivity index (χ1v) is 11.4. The van der Waals surface area contributed by atoms with Gasteiger partial charge in [-0.15, -0.1) is 0 Å². The summed E-state index contributed by atoms with van der Waals surface area (Å²) >= 11 is 0. The number of nitrogens with one attached hydrogen (secondary N) is 3. The highest BCUT2D eigenvalue weighted by Crippen LogP contribution is 2.36. The Labute approximate surface area is 195 Å². The monoisotopic (exact) mass is 495 g/mol. The van der Waals surface area contributed by atoms with Gasteiger partial charge in [-0.1, -0.05) is 13.8 Å². The average Bonchev–Trinajstić information content (AvgIpc) is 2.77. The van der Waals surface area contributed by atoms with E-state index in [1.807, 2.05) is 13.8 Å². The summed E-state index contributed by atoms with van der Waals surface area (Å²) in [5.74, 6) is -0.773. The molecule has 5 nitrogen and oxygen atoms in total. The highest BCUT2D eigenvalue weighted by atomic mass is 19.4. The van der Waals surface area contributed by atoms with Gasteiger partial charge in [0.05, 0.1) is 17.7 Å². The molecule has 3 N–H and O–H groups in total. The zero-order valence-corrected chi connectivity index (χ0v) is 19.2. The first-order valence-electron chi connectivity index (χ1n) is 11.4. The number of halogens is 6. The zero-order chi connectivity index (χ0) is 25.5. The molecule has 0 aromatic heterocycles. The smallest absolute Gasteiger partial charge is 0.352 e. The van der Waals surface area contributed by atoms with E-state index >= 15 is 0 Å². The van der Waals surface area contributed by atoms with E-state index in [9.17, 15) is 35.9 Å². The minimum Gasteiger partial charge on any atom is -0.352 e. The fourth-order valence-electron chi connectivity index (χ4n) is 4.03. The fraction of sp³-hybridized carbons (Fsp3) is 0.652. The highest BCUT2D eigenvalue weighted by molar-refractivity contribution is 5.94. The predicted octanol–water partition coefficient (Wildman–Crippen LogP) is 4.91. The number of hydrogen-bond donors (Lipinski definition) is 3. The number of carbonyl (C=O) groups is 2. The molecule has 11 heteroatoms. The SMILES string of the molecule is CCC(CC)NC(=O)CNC[C@H]1CC[C@H](NC(=O)c2cc(C(F)(F)F)cc(C(F)(F)F)c2)CC1. The molecule has 2 amide bonds. The Balaban J connectivity index is 1.86. The third kappa shape index (κ3) is 8.48. The number of rotatable bonds is 9. The molecule has 1 fully saturated rings. The standard InChI is InChI=1S/C23H31F6N3O2/c1-3-18(4-2)31-20(33)13-30-12-14-5-7-19(8-6-14)32-21(34)15-9-16(22(24,25)26)11-17(10-15)23(27,28)29/h9-11,14,18-19,30H,3-8,12-13H2,1-2H3,(H,31,33)(H,32,34)/t14-,19-. The number of alkyl halides is 6. The van der Waals surface area contributed by atoms with Crippen LogP contribution < -0.4 is 16.0 Å². The van der Waals surface area contributed by atoms with E-state index in [0.717, 1.165) is 12.8 Å². The molecule has 1 saturated carbocycles. The quantitative estimate of drug-likeness (QED) is 0.427. The van der Waals surface area contributed by atoms with E-state index in [-0.39, 0.29) is 36.5 Å². The molecule has 2 rings (SSSR count). The summed E-state index contributed by atoms with van der Waals surface area (Å²) in [4.78, 5) is 24.4. The Morgan fingerprint density at radius 1 is 0.912 bits per heavy atom. The summed E-state index contributed by atoms with van der Waals surface area (Å²) in [6, 6.07) is 0.683. The van der Waals surface area contributed by atoms with Crippen LogP contribution in [0.5, 0.6) is 0 Å². The Hall–Kier alpha value is -2.30. The van der Waals surface area contributed by atoms with Crippen molar-refractivity contribution in [1.82, 2.24) is 16.0 Å². The van der Waals surface area contributed by atoms with Crippen LogP contribution in [0.25, 0.3) is 0 Å². The molecule has 0 saturated heterocycles. The lowest BCUT2D eigenvalue weighted by atomic mass is 9.86. The van der Waals surface area contributed by atoms with Crippen LogP contribution in [0, 0.1) is 5.92 Å². The fourth-order valence-corrected chi connectivity index (χ4v) is 4.03. The molecule has 34 heavy (non-hydrogen) atoms. The molecular formula is C23H31F6N3O2. The average molecular weight is 496 g/mol. The maximum atomic E-state index is 13.0. The summed E-state index contributed by atoms with van der Waals surface area (Å²) in [6.07, 6.45) is -5.79. The van der Waals surface area contributed by atoms with Crippen molar-refractivity contribution in [1.29, 1.82) is 0 Å². The third-order valence-corrected chi connectivity index (χ3v) is 6.10. The van der Waals surface area contributed by atoms with Gasteiger partial charge in [-0.2, -0.15) is 26.3 Å². The molecule has 0 unspecified atom stereocenters. The Bertz CT molecular complexity index is 797. The summed E-state index contributed by atoms with van der Waals surface area (Å²) in [6.45, 7) is 4.81. The maximum absolute atomic E-state index is 13.0. The minimum absolute atomic E-state index is 0.0000958. The van der Waals surface area contributed by atoms with Crippen molar-refractivity contribution in [3.63, 3.8) is 0 Å². The maximum Gasteiger partial charge on any atom is 0.416 e. The van der Waals surface area contributed by atoms with Gasteiger partial charge in [0.2, 0.25) is 5.91 Å². The third-order valence-electron chi connectivity index (χ3n) is 6.10. The molecule has 0 aliphatic heterocycles.